The summed E-state index contributed by atoms with van der Waals surface area (Å²) in [7, 11) is -4.04. The van der Waals surface area contributed by atoms with Crippen molar-refractivity contribution < 1.29 is 27.3 Å². The molecular weight excluding hydrogens is 491 g/mol. The largest absolute Gasteiger partial charge is 0.354 e. The predicted octanol–water partition coefficient (Wildman–Crippen LogP) is 3.14. The van der Waals surface area contributed by atoms with Crippen molar-refractivity contribution in [3.05, 3.63) is 69.5 Å². The van der Waals surface area contributed by atoms with Crippen molar-refractivity contribution in [2.24, 2.45) is 0 Å². The maximum absolute atomic E-state index is 13.6. The van der Waals surface area contributed by atoms with Gasteiger partial charge in [0.2, 0.25) is 21.8 Å². The van der Waals surface area contributed by atoms with Crippen LogP contribution in [0.2, 0.25) is 0 Å². The number of hydrogen-bond donors (Lipinski definition) is 1. The molecule has 2 rings (SSSR count). The molecular formula is C24H31FN4O6S. The summed E-state index contributed by atoms with van der Waals surface area (Å²) in [4.78, 5) is 38.3. The van der Waals surface area contributed by atoms with Crippen LogP contribution in [-0.2, 0) is 26.2 Å². The number of anilines is 1. The number of non-ortho nitro benzene ring substituents is 1. The molecule has 1 atom stereocenters. The van der Waals surface area contributed by atoms with E-state index in [0.29, 0.717) is 24.1 Å². The molecule has 12 heteroatoms. The second-order valence-electron chi connectivity index (χ2n) is 8.36. The lowest BCUT2D eigenvalue weighted by Gasteiger charge is -2.33. The van der Waals surface area contributed by atoms with Crippen molar-refractivity contribution in [2.45, 2.75) is 46.2 Å². The Kier molecular flexibility index (Phi) is 9.91. The number of carbonyl (C=O) groups excluding carboxylic acids is 2. The van der Waals surface area contributed by atoms with Crippen LogP contribution in [0.25, 0.3) is 0 Å². The summed E-state index contributed by atoms with van der Waals surface area (Å²) in [6.45, 7) is 4.83. The number of nitro groups is 1. The summed E-state index contributed by atoms with van der Waals surface area (Å²) in [6.07, 6.45) is 1.83. The fourth-order valence-electron chi connectivity index (χ4n) is 3.65. The first kappa shape index (κ1) is 28.7. The van der Waals surface area contributed by atoms with E-state index in [1.54, 1.807) is 13.8 Å². The molecule has 2 amide bonds. The summed E-state index contributed by atoms with van der Waals surface area (Å²) in [6, 6.07) is 8.24. The summed E-state index contributed by atoms with van der Waals surface area (Å²) in [5, 5.41) is 14.0. The Labute approximate surface area is 210 Å². The van der Waals surface area contributed by atoms with E-state index in [0.717, 1.165) is 16.6 Å². The second kappa shape index (κ2) is 12.4. The number of benzene rings is 2. The van der Waals surface area contributed by atoms with Gasteiger partial charge in [0.15, 0.2) is 0 Å². The molecule has 36 heavy (non-hydrogen) atoms. The van der Waals surface area contributed by atoms with Crippen molar-refractivity contribution >= 4 is 33.2 Å². The molecule has 0 saturated carbocycles. The van der Waals surface area contributed by atoms with Crippen LogP contribution >= 0.6 is 0 Å². The molecule has 2 aromatic rings. The third kappa shape index (κ3) is 7.48. The van der Waals surface area contributed by atoms with E-state index in [4.69, 9.17) is 0 Å². The molecule has 0 aliphatic rings. The van der Waals surface area contributed by atoms with Gasteiger partial charge in [-0.25, -0.2) is 12.8 Å². The van der Waals surface area contributed by atoms with E-state index in [1.165, 1.54) is 41.3 Å². The van der Waals surface area contributed by atoms with E-state index in [-0.39, 0.29) is 24.3 Å². The molecule has 0 fully saturated rings. The summed E-state index contributed by atoms with van der Waals surface area (Å²) < 4.78 is 39.6. The Morgan fingerprint density at radius 2 is 1.78 bits per heavy atom. The van der Waals surface area contributed by atoms with E-state index < -0.39 is 45.2 Å². The average Bonchev–Trinajstić information content (AvgIpc) is 2.81. The van der Waals surface area contributed by atoms with Gasteiger partial charge in [-0.15, -0.1) is 0 Å². The van der Waals surface area contributed by atoms with E-state index in [9.17, 15) is 32.5 Å². The average molecular weight is 523 g/mol. The molecule has 2 aromatic carbocycles. The standard InChI is InChI=1S/C24H31FN4O6S/c1-5-13-26-24(31)21(6-2)27(15-18-8-10-19(25)11-9-18)23(30)16-28(36(4,34)35)22-14-20(29(32)33)12-7-17(22)3/h7-12,14,21H,5-6,13,15-16H2,1-4H3,(H,26,31)/t21-/m1/s1. The number of nitro benzene ring substituents is 1. The number of halogens is 1. The topological polar surface area (TPSA) is 130 Å². The number of sulfonamides is 1. The monoisotopic (exact) mass is 522 g/mol. The highest BCUT2D eigenvalue weighted by Crippen LogP contribution is 2.28. The zero-order valence-corrected chi connectivity index (χ0v) is 21.5. The van der Waals surface area contributed by atoms with Gasteiger partial charge in [-0.3, -0.25) is 24.0 Å². The van der Waals surface area contributed by atoms with Crippen LogP contribution in [0.4, 0.5) is 15.8 Å². The molecule has 0 aromatic heterocycles. The normalized spacial score (nSPS) is 12.0. The highest BCUT2D eigenvalue weighted by atomic mass is 32.2. The third-order valence-corrected chi connectivity index (χ3v) is 6.68. The SMILES string of the molecule is CCCNC(=O)[C@@H](CC)N(Cc1ccc(F)cc1)C(=O)CN(c1cc([N+](=O)[O-])ccc1C)S(C)(=O)=O. The van der Waals surface area contributed by atoms with Crippen molar-refractivity contribution in [2.75, 3.05) is 23.7 Å². The number of nitrogens with one attached hydrogen (secondary N) is 1. The van der Waals surface area contributed by atoms with Crippen LogP contribution in [0.5, 0.6) is 0 Å². The van der Waals surface area contributed by atoms with Crippen LogP contribution < -0.4 is 9.62 Å². The predicted molar refractivity (Wildman–Crippen MR) is 134 cm³/mol. The molecule has 0 unspecified atom stereocenters. The van der Waals surface area contributed by atoms with E-state index in [2.05, 4.69) is 5.32 Å². The zero-order chi connectivity index (χ0) is 27.0. The molecule has 0 saturated heterocycles. The summed E-state index contributed by atoms with van der Waals surface area (Å²) in [5.41, 5.74) is 0.621. The second-order valence-corrected chi connectivity index (χ2v) is 10.3. The summed E-state index contributed by atoms with van der Waals surface area (Å²) >= 11 is 0. The van der Waals surface area contributed by atoms with Gasteiger partial charge >= 0.3 is 0 Å². The van der Waals surface area contributed by atoms with Gasteiger partial charge in [0.05, 0.1) is 16.9 Å². The molecule has 0 radical (unpaired) electrons. The first-order chi connectivity index (χ1) is 16.9. The fraction of sp³-hybridized carbons (Fsp3) is 0.417. The van der Waals surface area contributed by atoms with Crippen LogP contribution in [0.1, 0.15) is 37.8 Å². The van der Waals surface area contributed by atoms with Gasteiger partial charge in [-0.05, 0) is 43.0 Å². The van der Waals surface area contributed by atoms with E-state index in [1.807, 2.05) is 6.92 Å². The lowest BCUT2D eigenvalue weighted by atomic mass is 10.1. The number of hydrogen-bond acceptors (Lipinski definition) is 6. The minimum absolute atomic E-state index is 0.00901. The maximum atomic E-state index is 13.6. The Morgan fingerprint density at radius 1 is 1.14 bits per heavy atom. The maximum Gasteiger partial charge on any atom is 0.271 e. The number of aryl methyl sites for hydroxylation is 1. The van der Waals surface area contributed by atoms with Gasteiger partial charge in [-0.2, -0.15) is 0 Å². The van der Waals surface area contributed by atoms with Gasteiger partial charge in [0.25, 0.3) is 5.69 Å². The smallest absolute Gasteiger partial charge is 0.271 e. The van der Waals surface area contributed by atoms with Crippen molar-refractivity contribution in [3.8, 4) is 0 Å². The Bertz CT molecular complexity index is 1200. The number of carbonyl (C=O) groups is 2. The zero-order valence-electron chi connectivity index (χ0n) is 20.7. The minimum atomic E-state index is -4.04. The van der Waals surface area contributed by atoms with Crippen molar-refractivity contribution in [1.29, 1.82) is 0 Å². The fourth-order valence-corrected chi connectivity index (χ4v) is 4.55. The van der Waals surface area contributed by atoms with Crippen LogP contribution in [-0.4, -0.2) is 55.4 Å². The third-order valence-electron chi connectivity index (χ3n) is 5.55. The highest BCUT2D eigenvalue weighted by molar-refractivity contribution is 7.92. The van der Waals surface area contributed by atoms with Gasteiger partial charge in [0, 0.05) is 25.2 Å². The number of nitrogens with zero attached hydrogens (tertiary/aromatic N) is 3. The molecule has 0 aliphatic heterocycles. The first-order valence-electron chi connectivity index (χ1n) is 11.4. The summed E-state index contributed by atoms with van der Waals surface area (Å²) in [5.74, 6) is -1.55. The highest BCUT2D eigenvalue weighted by Gasteiger charge is 2.32. The quantitative estimate of drug-likeness (QED) is 0.337. The Morgan fingerprint density at radius 3 is 2.31 bits per heavy atom. The van der Waals surface area contributed by atoms with Crippen LogP contribution in [0, 0.1) is 22.9 Å². The number of rotatable bonds is 12. The van der Waals surface area contributed by atoms with Gasteiger partial charge in [0.1, 0.15) is 18.4 Å². The molecule has 1 N–H and O–H groups in total. The lowest BCUT2D eigenvalue weighted by molar-refractivity contribution is -0.384. The molecule has 0 heterocycles. The van der Waals surface area contributed by atoms with Crippen LogP contribution in [0.3, 0.4) is 0 Å². The van der Waals surface area contributed by atoms with E-state index >= 15 is 0 Å². The molecule has 196 valence electrons. The lowest BCUT2D eigenvalue weighted by Crippen LogP contribution is -2.52. The molecule has 0 aliphatic carbocycles. The van der Waals surface area contributed by atoms with Crippen molar-refractivity contribution in [3.63, 3.8) is 0 Å². The molecule has 10 nitrogen and oxygen atoms in total. The molecule has 0 spiro atoms. The van der Waals surface area contributed by atoms with Gasteiger partial charge < -0.3 is 10.2 Å². The van der Waals surface area contributed by atoms with Gasteiger partial charge in [-0.1, -0.05) is 32.0 Å². The van der Waals surface area contributed by atoms with Crippen molar-refractivity contribution in [1.82, 2.24) is 10.2 Å². The number of amides is 2. The molecule has 0 bridgehead atoms. The van der Waals surface area contributed by atoms with Crippen LogP contribution in [0.15, 0.2) is 42.5 Å². The first-order valence-corrected chi connectivity index (χ1v) is 13.3. The Hall–Kier alpha value is -3.54. The minimum Gasteiger partial charge on any atom is -0.354 e. The Balaban J connectivity index is 2.50.